The molecule has 1 aromatic carbocycles. The van der Waals surface area contributed by atoms with Crippen LogP contribution in [0.15, 0.2) is 46.3 Å². The van der Waals surface area contributed by atoms with E-state index in [1.807, 2.05) is 17.5 Å². The minimum absolute atomic E-state index is 0.167. The third-order valence-corrected chi connectivity index (χ3v) is 4.52. The molecule has 0 fully saturated rings. The first kappa shape index (κ1) is 17.8. The largest absolute Gasteiger partial charge is 0.355 e. The Hall–Kier alpha value is -3.00. The van der Waals surface area contributed by atoms with E-state index >= 15 is 0 Å². The van der Waals surface area contributed by atoms with Crippen LogP contribution in [0.3, 0.4) is 0 Å². The molecule has 0 atom stereocenters. The molecule has 0 saturated heterocycles. The molecular weight excluding hydrogens is 357 g/mol. The lowest BCUT2D eigenvalue weighted by Gasteiger charge is -2.07. The second-order valence-corrected chi connectivity index (χ2v) is 6.48. The average Bonchev–Trinajstić information content (AvgIpc) is 3.31. The second-order valence-electron chi connectivity index (χ2n) is 5.53. The molecule has 2 aromatic heterocycles. The zero-order valence-corrected chi connectivity index (χ0v) is 14.7. The van der Waals surface area contributed by atoms with E-state index in [-0.39, 0.29) is 24.3 Å². The van der Waals surface area contributed by atoms with Gasteiger partial charge in [-0.3, -0.25) is 9.59 Å². The van der Waals surface area contributed by atoms with E-state index < -0.39 is 17.6 Å². The van der Waals surface area contributed by atoms with Gasteiger partial charge in [-0.1, -0.05) is 17.3 Å². The number of amides is 2. The Balaban J connectivity index is 1.46. The van der Waals surface area contributed by atoms with E-state index in [2.05, 4.69) is 15.8 Å². The molecule has 0 spiro atoms. The van der Waals surface area contributed by atoms with Gasteiger partial charge >= 0.3 is 0 Å². The Morgan fingerprint density at radius 3 is 2.62 bits per heavy atom. The Bertz CT molecular complexity index is 922. The minimum atomic E-state index is -0.432. The van der Waals surface area contributed by atoms with Gasteiger partial charge in [0.2, 0.25) is 0 Å². The molecule has 6 nitrogen and oxygen atoms in total. The van der Waals surface area contributed by atoms with Crippen LogP contribution in [0.2, 0.25) is 0 Å². The molecule has 0 bridgehead atoms. The van der Waals surface area contributed by atoms with Crippen molar-refractivity contribution in [1.82, 2.24) is 15.8 Å². The number of nitrogens with one attached hydrogen (secondary N) is 2. The number of nitrogens with zero attached hydrogens (tertiary/aromatic N) is 1. The Morgan fingerprint density at radius 1 is 1.15 bits per heavy atom. The third-order valence-electron chi connectivity index (χ3n) is 3.64. The van der Waals surface area contributed by atoms with Crippen LogP contribution in [0.5, 0.6) is 0 Å². The van der Waals surface area contributed by atoms with E-state index in [1.54, 1.807) is 25.1 Å². The van der Waals surface area contributed by atoms with Gasteiger partial charge in [0.25, 0.3) is 11.8 Å². The summed E-state index contributed by atoms with van der Waals surface area (Å²) in [6.07, 6.45) is 0. The highest BCUT2D eigenvalue weighted by Crippen LogP contribution is 2.24. The fraction of sp³-hybridized carbons (Fsp3) is 0.167. The number of hydrogen-bond donors (Lipinski definition) is 2. The number of rotatable bonds is 6. The summed E-state index contributed by atoms with van der Waals surface area (Å²) in [5, 5.41) is 10.9. The molecule has 0 aliphatic carbocycles. The second kappa shape index (κ2) is 7.92. The molecule has 0 saturated carbocycles. The summed E-state index contributed by atoms with van der Waals surface area (Å²) in [4.78, 5) is 24.9. The minimum Gasteiger partial charge on any atom is -0.355 e. The standard InChI is InChI=1S/C18H16FN3O3S/c1-11-4-5-12(9-13(11)19)17(23)20-6-7-21-18(24)14-10-15(25-22-14)16-3-2-8-26-16/h2-5,8-10H,6-7H2,1H3,(H,20,23)(H,21,24). The highest BCUT2D eigenvalue weighted by molar-refractivity contribution is 7.13. The van der Waals surface area contributed by atoms with Crippen LogP contribution in [0.25, 0.3) is 10.6 Å². The topological polar surface area (TPSA) is 84.2 Å². The molecule has 3 rings (SSSR count). The number of halogens is 1. The van der Waals surface area contributed by atoms with Gasteiger partial charge < -0.3 is 15.2 Å². The van der Waals surface area contributed by atoms with Crippen molar-refractivity contribution in [3.05, 3.63) is 64.4 Å². The van der Waals surface area contributed by atoms with Gasteiger partial charge in [0.15, 0.2) is 11.5 Å². The number of aryl methyl sites for hydroxylation is 1. The predicted molar refractivity (Wildman–Crippen MR) is 95.6 cm³/mol. The van der Waals surface area contributed by atoms with E-state index in [1.165, 1.54) is 17.4 Å². The summed E-state index contributed by atoms with van der Waals surface area (Å²) in [6, 6.07) is 9.59. The first-order chi connectivity index (χ1) is 12.5. The summed E-state index contributed by atoms with van der Waals surface area (Å²) < 4.78 is 18.6. The molecule has 134 valence electrons. The molecule has 2 N–H and O–H groups in total. The van der Waals surface area contributed by atoms with E-state index in [0.717, 1.165) is 4.88 Å². The summed E-state index contributed by atoms with van der Waals surface area (Å²) in [6.45, 7) is 2.04. The monoisotopic (exact) mass is 373 g/mol. The lowest BCUT2D eigenvalue weighted by Crippen LogP contribution is -2.34. The van der Waals surface area contributed by atoms with Gasteiger partial charge in [-0.2, -0.15) is 0 Å². The van der Waals surface area contributed by atoms with Crippen molar-refractivity contribution >= 4 is 23.2 Å². The Morgan fingerprint density at radius 2 is 1.92 bits per heavy atom. The molecule has 0 radical (unpaired) electrons. The van der Waals surface area contributed by atoms with Crippen LogP contribution >= 0.6 is 11.3 Å². The van der Waals surface area contributed by atoms with Gasteiger partial charge in [0.05, 0.1) is 4.88 Å². The fourth-order valence-electron chi connectivity index (χ4n) is 2.20. The molecule has 0 aliphatic rings. The highest BCUT2D eigenvalue weighted by atomic mass is 32.1. The summed E-state index contributed by atoms with van der Waals surface area (Å²) in [7, 11) is 0. The van der Waals surface area contributed by atoms with E-state index in [9.17, 15) is 14.0 Å². The summed E-state index contributed by atoms with van der Waals surface area (Å²) in [5.41, 5.74) is 0.875. The zero-order valence-electron chi connectivity index (χ0n) is 13.9. The van der Waals surface area contributed by atoms with Crippen LogP contribution in [0.4, 0.5) is 4.39 Å². The summed E-state index contributed by atoms with van der Waals surface area (Å²) in [5.74, 6) is -0.704. The lowest BCUT2D eigenvalue weighted by atomic mass is 10.1. The van der Waals surface area contributed by atoms with E-state index in [0.29, 0.717) is 11.3 Å². The van der Waals surface area contributed by atoms with Gasteiger partial charge in [0.1, 0.15) is 5.82 Å². The highest BCUT2D eigenvalue weighted by Gasteiger charge is 2.14. The van der Waals surface area contributed by atoms with E-state index in [4.69, 9.17) is 4.52 Å². The molecule has 0 aliphatic heterocycles. The van der Waals surface area contributed by atoms with Crippen molar-refractivity contribution in [2.24, 2.45) is 0 Å². The number of thiophene rings is 1. The van der Waals surface area contributed by atoms with Crippen LogP contribution in [-0.2, 0) is 0 Å². The molecule has 0 unspecified atom stereocenters. The number of benzene rings is 1. The van der Waals surface area contributed by atoms with Crippen molar-refractivity contribution in [1.29, 1.82) is 0 Å². The molecule has 2 amide bonds. The molecule has 2 heterocycles. The quantitative estimate of drug-likeness (QED) is 0.651. The summed E-state index contributed by atoms with van der Waals surface area (Å²) >= 11 is 1.49. The average molecular weight is 373 g/mol. The van der Waals surface area contributed by atoms with Crippen LogP contribution in [0, 0.1) is 12.7 Å². The maximum Gasteiger partial charge on any atom is 0.273 e. The molecule has 8 heteroatoms. The Labute approximate surface area is 153 Å². The number of hydrogen-bond acceptors (Lipinski definition) is 5. The van der Waals surface area contributed by atoms with Gasteiger partial charge in [0, 0.05) is 24.7 Å². The van der Waals surface area contributed by atoms with Crippen molar-refractivity contribution < 1.29 is 18.5 Å². The zero-order chi connectivity index (χ0) is 18.5. The molecular formula is C18H16FN3O3S. The number of carbonyl (C=O) groups is 2. The van der Waals surface area contributed by atoms with Crippen LogP contribution < -0.4 is 10.6 Å². The third kappa shape index (κ3) is 4.15. The van der Waals surface area contributed by atoms with Crippen molar-refractivity contribution in [2.75, 3.05) is 13.1 Å². The number of aromatic nitrogens is 1. The first-order valence-electron chi connectivity index (χ1n) is 7.88. The van der Waals surface area contributed by atoms with Crippen molar-refractivity contribution in [3.63, 3.8) is 0 Å². The van der Waals surface area contributed by atoms with Crippen molar-refractivity contribution in [3.8, 4) is 10.6 Å². The molecule has 26 heavy (non-hydrogen) atoms. The van der Waals surface area contributed by atoms with Gasteiger partial charge in [-0.25, -0.2) is 4.39 Å². The SMILES string of the molecule is Cc1ccc(C(=O)NCCNC(=O)c2cc(-c3cccs3)on2)cc1F. The first-order valence-corrected chi connectivity index (χ1v) is 8.75. The maximum atomic E-state index is 13.5. The number of carbonyl (C=O) groups excluding carboxylic acids is 2. The van der Waals surface area contributed by atoms with Crippen LogP contribution in [-0.4, -0.2) is 30.1 Å². The Kier molecular flexibility index (Phi) is 5.43. The maximum absolute atomic E-state index is 13.5. The normalized spacial score (nSPS) is 10.5. The van der Waals surface area contributed by atoms with Crippen LogP contribution in [0.1, 0.15) is 26.4 Å². The predicted octanol–water partition coefficient (Wildman–Crippen LogP) is 3.01. The fourth-order valence-corrected chi connectivity index (χ4v) is 2.87. The smallest absolute Gasteiger partial charge is 0.273 e. The van der Waals surface area contributed by atoms with Crippen molar-refractivity contribution in [2.45, 2.75) is 6.92 Å². The van der Waals surface area contributed by atoms with Gasteiger partial charge in [-0.05, 0) is 36.1 Å². The molecule has 3 aromatic rings. The lowest BCUT2D eigenvalue weighted by molar-refractivity contribution is 0.0922. The van der Waals surface area contributed by atoms with Gasteiger partial charge in [-0.15, -0.1) is 11.3 Å².